The Kier molecular flexibility index (Phi) is 2.81. The van der Waals surface area contributed by atoms with Crippen LogP contribution in [0.2, 0.25) is 0 Å². The Balaban J connectivity index is 2.21. The fourth-order valence-electron chi connectivity index (χ4n) is 1.57. The van der Waals surface area contributed by atoms with E-state index in [2.05, 4.69) is 9.97 Å². The number of imidazole rings is 1. The number of pyridine rings is 1. The first-order chi connectivity index (χ1) is 7.68. The van der Waals surface area contributed by atoms with E-state index in [4.69, 9.17) is 0 Å². The lowest BCUT2D eigenvalue weighted by Crippen LogP contribution is -2.14. The standard InChI is InChI=1S/C12H13N3O/c1-9-7-14-10(2)15(9)8-12(16)11-5-3-4-6-13-11/h3-7H,8H2,1-2H3. The van der Waals surface area contributed by atoms with Gasteiger partial charge in [-0.2, -0.15) is 0 Å². The molecule has 0 radical (unpaired) electrons. The summed E-state index contributed by atoms with van der Waals surface area (Å²) < 4.78 is 1.89. The minimum absolute atomic E-state index is 0.00444. The van der Waals surface area contributed by atoms with Crippen molar-refractivity contribution in [1.29, 1.82) is 0 Å². The van der Waals surface area contributed by atoms with Crippen molar-refractivity contribution < 1.29 is 4.79 Å². The fourth-order valence-corrected chi connectivity index (χ4v) is 1.57. The van der Waals surface area contributed by atoms with Crippen LogP contribution in [0, 0.1) is 13.8 Å². The lowest BCUT2D eigenvalue weighted by Gasteiger charge is -2.06. The van der Waals surface area contributed by atoms with E-state index >= 15 is 0 Å². The molecule has 0 unspecified atom stereocenters. The summed E-state index contributed by atoms with van der Waals surface area (Å²) in [5.41, 5.74) is 1.48. The summed E-state index contributed by atoms with van der Waals surface area (Å²) in [6.07, 6.45) is 3.39. The molecular weight excluding hydrogens is 202 g/mol. The normalized spacial score (nSPS) is 10.4. The molecule has 2 aromatic rings. The molecule has 2 heterocycles. The molecule has 0 aliphatic rings. The highest BCUT2D eigenvalue weighted by atomic mass is 16.1. The van der Waals surface area contributed by atoms with Gasteiger partial charge in [0.15, 0.2) is 0 Å². The van der Waals surface area contributed by atoms with Crippen LogP contribution in [-0.4, -0.2) is 20.3 Å². The zero-order chi connectivity index (χ0) is 11.5. The lowest BCUT2D eigenvalue weighted by molar-refractivity contribution is 0.0965. The number of aryl methyl sites for hydroxylation is 2. The van der Waals surface area contributed by atoms with E-state index in [1.165, 1.54) is 0 Å². The van der Waals surface area contributed by atoms with E-state index in [0.29, 0.717) is 12.2 Å². The number of hydrogen-bond donors (Lipinski definition) is 0. The van der Waals surface area contributed by atoms with Crippen molar-refractivity contribution in [3.8, 4) is 0 Å². The van der Waals surface area contributed by atoms with Crippen LogP contribution in [-0.2, 0) is 6.54 Å². The fraction of sp³-hybridized carbons (Fsp3) is 0.250. The molecule has 4 heteroatoms. The molecule has 0 N–H and O–H groups in total. The van der Waals surface area contributed by atoms with Crippen molar-refractivity contribution in [2.45, 2.75) is 20.4 Å². The van der Waals surface area contributed by atoms with Gasteiger partial charge in [-0.3, -0.25) is 9.78 Å². The number of ketones is 1. The van der Waals surface area contributed by atoms with E-state index in [1.54, 1.807) is 24.5 Å². The second-order valence-corrected chi connectivity index (χ2v) is 3.67. The van der Waals surface area contributed by atoms with Crippen LogP contribution in [0.3, 0.4) is 0 Å². The molecule has 2 rings (SSSR count). The number of rotatable bonds is 3. The zero-order valence-electron chi connectivity index (χ0n) is 9.34. The molecule has 0 aliphatic carbocycles. The Labute approximate surface area is 94.0 Å². The Morgan fingerprint density at radius 3 is 2.69 bits per heavy atom. The van der Waals surface area contributed by atoms with Crippen LogP contribution in [0.15, 0.2) is 30.6 Å². The summed E-state index contributed by atoms with van der Waals surface area (Å²) in [5.74, 6) is 0.853. The highest BCUT2D eigenvalue weighted by Crippen LogP contribution is 2.05. The van der Waals surface area contributed by atoms with Crippen LogP contribution < -0.4 is 0 Å². The van der Waals surface area contributed by atoms with Crippen molar-refractivity contribution in [2.24, 2.45) is 0 Å². The van der Waals surface area contributed by atoms with E-state index in [1.807, 2.05) is 24.5 Å². The Morgan fingerprint density at radius 1 is 1.31 bits per heavy atom. The molecule has 16 heavy (non-hydrogen) atoms. The van der Waals surface area contributed by atoms with Gasteiger partial charge in [-0.25, -0.2) is 4.98 Å². The molecule has 4 nitrogen and oxygen atoms in total. The second-order valence-electron chi connectivity index (χ2n) is 3.67. The number of carbonyl (C=O) groups is 1. The van der Waals surface area contributed by atoms with Crippen molar-refractivity contribution in [3.05, 3.63) is 47.8 Å². The minimum Gasteiger partial charge on any atom is -0.325 e. The second kappa shape index (κ2) is 4.26. The van der Waals surface area contributed by atoms with Crippen molar-refractivity contribution in [3.63, 3.8) is 0 Å². The van der Waals surface area contributed by atoms with Gasteiger partial charge in [-0.1, -0.05) is 6.07 Å². The van der Waals surface area contributed by atoms with E-state index in [0.717, 1.165) is 11.5 Å². The molecule has 0 bridgehead atoms. The van der Waals surface area contributed by atoms with Crippen molar-refractivity contribution >= 4 is 5.78 Å². The first kappa shape index (κ1) is 10.5. The molecule has 0 aromatic carbocycles. The first-order valence-corrected chi connectivity index (χ1v) is 5.11. The van der Waals surface area contributed by atoms with Gasteiger partial charge in [0.05, 0.1) is 6.54 Å². The molecule has 0 aliphatic heterocycles. The molecule has 0 atom stereocenters. The summed E-state index contributed by atoms with van der Waals surface area (Å²) >= 11 is 0. The molecule has 0 saturated heterocycles. The topological polar surface area (TPSA) is 47.8 Å². The predicted octanol–water partition coefficient (Wildman–Crippen LogP) is 1.78. The third-order valence-corrected chi connectivity index (χ3v) is 2.51. The third-order valence-electron chi connectivity index (χ3n) is 2.51. The molecule has 0 amide bonds. The Hall–Kier alpha value is -1.97. The van der Waals surface area contributed by atoms with Crippen molar-refractivity contribution in [1.82, 2.24) is 14.5 Å². The van der Waals surface area contributed by atoms with Gasteiger partial charge in [-0.15, -0.1) is 0 Å². The monoisotopic (exact) mass is 215 g/mol. The van der Waals surface area contributed by atoms with Crippen LogP contribution in [0.4, 0.5) is 0 Å². The van der Waals surface area contributed by atoms with Crippen LogP contribution in [0.5, 0.6) is 0 Å². The summed E-state index contributed by atoms with van der Waals surface area (Å²) in [6, 6.07) is 5.34. The largest absolute Gasteiger partial charge is 0.325 e. The molecule has 2 aromatic heterocycles. The molecule has 82 valence electrons. The number of Topliss-reactive ketones (excluding diaryl/α,β-unsaturated/α-hetero) is 1. The van der Waals surface area contributed by atoms with Gasteiger partial charge >= 0.3 is 0 Å². The minimum atomic E-state index is 0.00444. The maximum absolute atomic E-state index is 11.9. The SMILES string of the molecule is Cc1cnc(C)n1CC(=O)c1ccccn1. The third kappa shape index (κ3) is 2.00. The summed E-state index contributed by atoms with van der Waals surface area (Å²) in [6.45, 7) is 4.12. The smallest absolute Gasteiger partial charge is 0.200 e. The van der Waals surface area contributed by atoms with Gasteiger partial charge in [-0.05, 0) is 26.0 Å². The number of aromatic nitrogens is 3. The number of carbonyl (C=O) groups excluding carboxylic acids is 1. The maximum atomic E-state index is 11.9. The van der Waals surface area contributed by atoms with Gasteiger partial charge in [0.2, 0.25) is 5.78 Å². The highest BCUT2D eigenvalue weighted by molar-refractivity contribution is 5.94. The lowest BCUT2D eigenvalue weighted by atomic mass is 10.2. The Bertz CT molecular complexity index is 483. The van der Waals surface area contributed by atoms with E-state index < -0.39 is 0 Å². The van der Waals surface area contributed by atoms with Crippen LogP contribution in [0.1, 0.15) is 22.0 Å². The zero-order valence-corrected chi connectivity index (χ0v) is 9.34. The average molecular weight is 215 g/mol. The average Bonchev–Trinajstić information content (AvgIpc) is 2.62. The molecular formula is C12H13N3O. The molecule has 0 spiro atoms. The quantitative estimate of drug-likeness (QED) is 0.733. The van der Waals surface area contributed by atoms with Gasteiger partial charge < -0.3 is 4.57 Å². The molecule has 0 fully saturated rings. The maximum Gasteiger partial charge on any atom is 0.200 e. The van der Waals surface area contributed by atoms with Crippen LogP contribution >= 0.6 is 0 Å². The summed E-state index contributed by atoms with van der Waals surface area (Å²) in [5, 5.41) is 0. The van der Waals surface area contributed by atoms with Crippen LogP contribution in [0.25, 0.3) is 0 Å². The summed E-state index contributed by atoms with van der Waals surface area (Å²) in [7, 11) is 0. The first-order valence-electron chi connectivity index (χ1n) is 5.11. The van der Waals surface area contributed by atoms with E-state index in [9.17, 15) is 4.79 Å². The van der Waals surface area contributed by atoms with Gasteiger partial charge in [0, 0.05) is 18.1 Å². The predicted molar refractivity (Wildman–Crippen MR) is 60.3 cm³/mol. The number of nitrogens with zero attached hydrogens (tertiary/aromatic N) is 3. The molecule has 0 saturated carbocycles. The van der Waals surface area contributed by atoms with Gasteiger partial charge in [0.25, 0.3) is 0 Å². The Morgan fingerprint density at radius 2 is 2.12 bits per heavy atom. The highest BCUT2D eigenvalue weighted by Gasteiger charge is 2.10. The van der Waals surface area contributed by atoms with E-state index in [-0.39, 0.29) is 5.78 Å². The summed E-state index contributed by atoms with van der Waals surface area (Å²) in [4.78, 5) is 20.1. The number of hydrogen-bond acceptors (Lipinski definition) is 3. The van der Waals surface area contributed by atoms with Gasteiger partial charge in [0.1, 0.15) is 11.5 Å². The van der Waals surface area contributed by atoms with Crippen molar-refractivity contribution in [2.75, 3.05) is 0 Å².